The van der Waals surface area contributed by atoms with Crippen LogP contribution in [0.5, 0.6) is 0 Å². The van der Waals surface area contributed by atoms with E-state index >= 15 is 0 Å². The van der Waals surface area contributed by atoms with Crippen LogP contribution in [0.2, 0.25) is 0 Å². The molecule has 1 aliphatic rings. The van der Waals surface area contributed by atoms with Gasteiger partial charge in [0.15, 0.2) is 0 Å². The van der Waals surface area contributed by atoms with E-state index in [1.54, 1.807) is 7.11 Å². The fourth-order valence-electron chi connectivity index (χ4n) is 2.17. The number of ketones is 1. The highest BCUT2D eigenvalue weighted by Crippen LogP contribution is 2.20. The topological polar surface area (TPSA) is 47.6 Å². The Bertz CT molecular complexity index is 233. The molecule has 4 heteroatoms. The van der Waals surface area contributed by atoms with Gasteiger partial charge in [0.2, 0.25) is 0 Å². The van der Waals surface area contributed by atoms with Gasteiger partial charge in [-0.25, -0.2) is 0 Å². The summed E-state index contributed by atoms with van der Waals surface area (Å²) in [5, 5.41) is 3.40. The molecule has 1 aliphatic heterocycles. The minimum Gasteiger partial charge on any atom is -0.385 e. The summed E-state index contributed by atoms with van der Waals surface area (Å²) in [6, 6.07) is 0.201. The second-order valence-electron chi connectivity index (χ2n) is 4.79. The van der Waals surface area contributed by atoms with Gasteiger partial charge in [0.1, 0.15) is 5.78 Å². The fourth-order valence-corrected chi connectivity index (χ4v) is 2.17. The van der Waals surface area contributed by atoms with Crippen molar-refractivity contribution in [3.8, 4) is 0 Å². The van der Waals surface area contributed by atoms with E-state index in [4.69, 9.17) is 9.47 Å². The molecule has 100 valence electrons. The number of rotatable bonds is 8. The predicted octanol–water partition coefficient (Wildman–Crippen LogP) is 1.24. The highest BCUT2D eigenvalue weighted by Gasteiger charge is 2.35. The molecular formula is C13H25NO3. The van der Waals surface area contributed by atoms with Gasteiger partial charge in [-0.2, -0.15) is 0 Å². The van der Waals surface area contributed by atoms with E-state index in [0.717, 1.165) is 19.4 Å². The van der Waals surface area contributed by atoms with Gasteiger partial charge in [0.05, 0.1) is 19.1 Å². The molecule has 1 rings (SSSR count). The average Bonchev–Trinajstić information content (AvgIpc) is 2.80. The van der Waals surface area contributed by atoms with E-state index in [-0.39, 0.29) is 17.9 Å². The molecule has 0 radical (unpaired) electrons. The van der Waals surface area contributed by atoms with E-state index in [1.165, 1.54) is 0 Å². The Morgan fingerprint density at radius 2 is 2.29 bits per heavy atom. The lowest BCUT2D eigenvalue weighted by molar-refractivity contribution is -0.127. The summed E-state index contributed by atoms with van der Waals surface area (Å²) in [5.41, 5.74) is 0. The van der Waals surface area contributed by atoms with Crippen LogP contribution in [-0.2, 0) is 14.3 Å². The van der Waals surface area contributed by atoms with Crippen LogP contribution in [0.15, 0.2) is 0 Å². The van der Waals surface area contributed by atoms with Gasteiger partial charge in [-0.15, -0.1) is 0 Å². The van der Waals surface area contributed by atoms with Crippen LogP contribution in [0.4, 0.5) is 0 Å². The number of ether oxygens (including phenoxy) is 2. The first-order valence-electron chi connectivity index (χ1n) is 6.54. The normalized spacial score (nSPS) is 26.1. The molecule has 1 heterocycles. The van der Waals surface area contributed by atoms with E-state index in [0.29, 0.717) is 25.6 Å². The van der Waals surface area contributed by atoms with Gasteiger partial charge in [0.25, 0.3) is 0 Å². The Hall–Kier alpha value is -0.450. The molecule has 17 heavy (non-hydrogen) atoms. The van der Waals surface area contributed by atoms with E-state index in [1.807, 2.05) is 6.92 Å². The van der Waals surface area contributed by atoms with Gasteiger partial charge < -0.3 is 14.8 Å². The first-order valence-corrected chi connectivity index (χ1v) is 6.54. The third kappa shape index (κ3) is 4.37. The summed E-state index contributed by atoms with van der Waals surface area (Å²) in [4.78, 5) is 12.2. The SMILES string of the molecule is CCCNC1COCC1C(=O)C(C)CCOC. The van der Waals surface area contributed by atoms with Crippen molar-refractivity contribution in [2.24, 2.45) is 11.8 Å². The molecule has 0 spiro atoms. The summed E-state index contributed by atoms with van der Waals surface area (Å²) in [6.45, 7) is 6.93. The van der Waals surface area contributed by atoms with E-state index in [9.17, 15) is 4.79 Å². The van der Waals surface area contributed by atoms with Crippen molar-refractivity contribution in [1.82, 2.24) is 5.32 Å². The van der Waals surface area contributed by atoms with Crippen LogP contribution in [0.25, 0.3) is 0 Å². The average molecular weight is 243 g/mol. The lowest BCUT2D eigenvalue weighted by Gasteiger charge is -2.21. The quantitative estimate of drug-likeness (QED) is 0.697. The number of hydrogen-bond donors (Lipinski definition) is 1. The van der Waals surface area contributed by atoms with Gasteiger partial charge >= 0.3 is 0 Å². The van der Waals surface area contributed by atoms with Crippen LogP contribution >= 0.6 is 0 Å². The van der Waals surface area contributed by atoms with Crippen molar-refractivity contribution in [2.45, 2.75) is 32.7 Å². The van der Waals surface area contributed by atoms with Gasteiger partial charge in [0, 0.05) is 25.7 Å². The summed E-state index contributed by atoms with van der Waals surface area (Å²) in [7, 11) is 1.67. The van der Waals surface area contributed by atoms with Crippen molar-refractivity contribution in [2.75, 3.05) is 33.5 Å². The number of carbonyl (C=O) groups excluding carboxylic acids is 1. The molecule has 3 atom stereocenters. The summed E-state index contributed by atoms with van der Waals surface area (Å²) in [6.07, 6.45) is 1.88. The molecule has 1 saturated heterocycles. The Kier molecular flexibility index (Phi) is 6.70. The maximum Gasteiger partial charge on any atom is 0.142 e. The van der Waals surface area contributed by atoms with Crippen LogP contribution in [-0.4, -0.2) is 45.3 Å². The highest BCUT2D eigenvalue weighted by molar-refractivity contribution is 5.84. The Labute approximate surface area is 104 Å². The monoisotopic (exact) mass is 243 g/mol. The van der Waals surface area contributed by atoms with Gasteiger partial charge in [-0.05, 0) is 19.4 Å². The Morgan fingerprint density at radius 3 is 2.94 bits per heavy atom. The second-order valence-corrected chi connectivity index (χ2v) is 4.79. The third-order valence-electron chi connectivity index (χ3n) is 3.34. The van der Waals surface area contributed by atoms with Crippen molar-refractivity contribution in [1.29, 1.82) is 0 Å². The number of nitrogens with one attached hydrogen (secondary N) is 1. The second kappa shape index (κ2) is 7.80. The maximum absolute atomic E-state index is 12.2. The zero-order valence-electron chi connectivity index (χ0n) is 11.2. The van der Waals surface area contributed by atoms with E-state index < -0.39 is 0 Å². The summed E-state index contributed by atoms with van der Waals surface area (Å²) in [5.74, 6) is 0.397. The molecule has 0 saturated carbocycles. The van der Waals surface area contributed by atoms with Gasteiger partial charge in [-0.3, -0.25) is 4.79 Å². The first-order chi connectivity index (χ1) is 8.20. The lowest BCUT2D eigenvalue weighted by atomic mass is 9.88. The summed E-state index contributed by atoms with van der Waals surface area (Å²) < 4.78 is 10.4. The van der Waals surface area contributed by atoms with Crippen molar-refractivity contribution >= 4 is 5.78 Å². The summed E-state index contributed by atoms with van der Waals surface area (Å²) >= 11 is 0. The maximum atomic E-state index is 12.2. The standard InChI is InChI=1S/C13H25NO3/c1-4-6-14-12-9-17-8-11(12)13(15)10(2)5-7-16-3/h10-12,14H,4-9H2,1-3H3. The van der Waals surface area contributed by atoms with Gasteiger partial charge in [-0.1, -0.05) is 13.8 Å². The van der Waals surface area contributed by atoms with Crippen molar-refractivity contribution in [3.63, 3.8) is 0 Å². The number of hydrogen-bond acceptors (Lipinski definition) is 4. The zero-order valence-corrected chi connectivity index (χ0v) is 11.2. The van der Waals surface area contributed by atoms with Crippen molar-refractivity contribution in [3.05, 3.63) is 0 Å². The molecule has 4 nitrogen and oxygen atoms in total. The largest absolute Gasteiger partial charge is 0.385 e. The number of Topliss-reactive ketones (excluding diaryl/α,β-unsaturated/α-hetero) is 1. The minimum absolute atomic E-state index is 0.0217. The number of carbonyl (C=O) groups is 1. The molecule has 0 amide bonds. The fraction of sp³-hybridized carbons (Fsp3) is 0.923. The minimum atomic E-state index is 0.0217. The molecule has 0 aliphatic carbocycles. The zero-order chi connectivity index (χ0) is 12.7. The van der Waals surface area contributed by atoms with Crippen molar-refractivity contribution < 1.29 is 14.3 Å². The van der Waals surface area contributed by atoms with Crippen LogP contribution < -0.4 is 5.32 Å². The van der Waals surface area contributed by atoms with Crippen LogP contribution in [0.1, 0.15) is 26.7 Å². The Balaban J connectivity index is 2.43. The molecular weight excluding hydrogens is 218 g/mol. The van der Waals surface area contributed by atoms with E-state index in [2.05, 4.69) is 12.2 Å². The van der Waals surface area contributed by atoms with Crippen LogP contribution in [0, 0.1) is 11.8 Å². The molecule has 0 aromatic rings. The predicted molar refractivity (Wildman–Crippen MR) is 67.1 cm³/mol. The molecule has 1 N–H and O–H groups in total. The third-order valence-corrected chi connectivity index (χ3v) is 3.34. The lowest BCUT2D eigenvalue weighted by Crippen LogP contribution is -2.41. The highest BCUT2D eigenvalue weighted by atomic mass is 16.5. The molecule has 1 fully saturated rings. The molecule has 0 aromatic carbocycles. The van der Waals surface area contributed by atoms with Crippen LogP contribution in [0.3, 0.4) is 0 Å². The smallest absolute Gasteiger partial charge is 0.142 e. The molecule has 0 bridgehead atoms. The molecule has 3 unspecified atom stereocenters. The Morgan fingerprint density at radius 1 is 1.53 bits per heavy atom. The number of methoxy groups -OCH3 is 1. The molecule has 0 aromatic heterocycles. The first kappa shape index (κ1) is 14.6.